The van der Waals surface area contributed by atoms with Gasteiger partial charge in [0, 0.05) is 11.9 Å². The number of nitrogens with one attached hydrogen (secondary N) is 1. The molecule has 1 N–H and O–H groups in total. The molecule has 0 amide bonds. The number of nitrogens with zero attached hydrogens (tertiary/aromatic N) is 1. The molecule has 0 saturated heterocycles. The average Bonchev–Trinajstić information content (AvgIpc) is 2.35. The van der Waals surface area contributed by atoms with Crippen molar-refractivity contribution >= 4 is 13.0 Å². The topological polar surface area (TPSA) is 28.7 Å². The van der Waals surface area contributed by atoms with Gasteiger partial charge < -0.3 is 4.98 Å². The zero-order valence-electron chi connectivity index (χ0n) is 8.31. The maximum atomic E-state index is 4.24. The summed E-state index contributed by atoms with van der Waals surface area (Å²) in [4.78, 5) is 7.44. The Kier molecular flexibility index (Phi) is 2.60. The minimum absolute atomic E-state index is 0.240. The summed E-state index contributed by atoms with van der Waals surface area (Å²) in [6.45, 7) is 8.63. The van der Waals surface area contributed by atoms with Gasteiger partial charge in [-0.3, -0.25) is 4.98 Å². The van der Waals surface area contributed by atoms with Gasteiger partial charge in [0.05, 0.1) is 5.72 Å². The molecule has 0 aromatic carbocycles. The molecule has 0 saturated carbocycles. The van der Waals surface area contributed by atoms with Gasteiger partial charge in [0.25, 0.3) is 0 Å². The summed E-state index contributed by atoms with van der Waals surface area (Å²) < 4.78 is 0. The quantitative estimate of drug-likeness (QED) is 0.674. The summed E-state index contributed by atoms with van der Waals surface area (Å²) in [5.41, 5.74) is 2.10. The van der Waals surface area contributed by atoms with Crippen molar-refractivity contribution in [2.75, 3.05) is 0 Å². The van der Waals surface area contributed by atoms with Crippen LogP contribution in [-0.2, 0) is 0 Å². The van der Waals surface area contributed by atoms with Crippen LogP contribution in [0, 0.1) is 6.92 Å². The van der Waals surface area contributed by atoms with E-state index in [0.717, 1.165) is 17.8 Å². The lowest BCUT2D eigenvalue weighted by Crippen LogP contribution is -2.28. The van der Waals surface area contributed by atoms with E-state index < -0.39 is 0 Å². The van der Waals surface area contributed by atoms with Gasteiger partial charge in [-0.25, -0.2) is 0 Å². The Bertz CT molecular complexity index is 253. The largest absolute Gasteiger partial charge is 0.355 e. The predicted molar refractivity (Wildman–Crippen MR) is 53.0 cm³/mol. The first kappa shape index (κ1) is 9.36. The summed E-state index contributed by atoms with van der Waals surface area (Å²) in [6.07, 6.45) is 2.99. The molecule has 0 fully saturated rings. The van der Waals surface area contributed by atoms with Gasteiger partial charge in [0.2, 0.25) is 7.28 Å². The highest BCUT2D eigenvalue weighted by molar-refractivity contribution is 6.54. The zero-order chi connectivity index (χ0) is 9.19. The monoisotopic (exact) mass is 163 g/mol. The second kappa shape index (κ2) is 3.34. The normalized spacial score (nSPS) is 11.7. The molecule has 2 nitrogen and oxygen atoms in total. The van der Waals surface area contributed by atoms with Gasteiger partial charge in [0.1, 0.15) is 0 Å². The Balaban J connectivity index is 2.63. The van der Waals surface area contributed by atoms with Crippen molar-refractivity contribution in [1.29, 1.82) is 0 Å². The molecule has 1 aromatic rings. The van der Waals surface area contributed by atoms with Gasteiger partial charge in [-0.05, 0) is 6.92 Å². The highest BCUT2D eigenvalue weighted by Crippen LogP contribution is 2.25. The van der Waals surface area contributed by atoms with Crippen LogP contribution >= 0.6 is 0 Å². The molecule has 3 heteroatoms. The highest BCUT2D eigenvalue weighted by Gasteiger charge is 2.19. The van der Waals surface area contributed by atoms with E-state index in [1.54, 1.807) is 0 Å². The standard InChI is InChI=1S/C9H16BN2/c1-5-9(3,4)10-8-11-6-7(2)12-8/h6H,5H2,1-4H3,(H,11,12). The molecule has 12 heavy (non-hydrogen) atoms. The third-order valence-electron chi connectivity index (χ3n) is 2.16. The van der Waals surface area contributed by atoms with Crippen LogP contribution in [0.1, 0.15) is 32.9 Å². The van der Waals surface area contributed by atoms with Crippen LogP contribution in [-0.4, -0.2) is 17.2 Å². The third kappa shape index (κ3) is 2.40. The average molecular weight is 163 g/mol. The molecule has 0 bridgehead atoms. The Labute approximate surface area is 75.0 Å². The Morgan fingerprint density at radius 2 is 2.25 bits per heavy atom. The molecule has 0 spiro atoms. The first-order valence-electron chi connectivity index (χ1n) is 4.41. The Morgan fingerprint density at radius 3 is 2.67 bits per heavy atom. The SMILES string of the molecule is CCC(C)(C)[B]c1ncc(C)[nH]1. The van der Waals surface area contributed by atoms with Crippen LogP contribution in [0.4, 0.5) is 0 Å². The Hall–Kier alpha value is -0.725. The van der Waals surface area contributed by atoms with Crippen molar-refractivity contribution in [1.82, 2.24) is 9.97 Å². The lowest BCUT2D eigenvalue weighted by Gasteiger charge is -2.19. The van der Waals surface area contributed by atoms with Crippen LogP contribution in [0.3, 0.4) is 0 Å². The van der Waals surface area contributed by atoms with Gasteiger partial charge in [-0.1, -0.05) is 32.5 Å². The number of aromatic nitrogens is 2. The first-order chi connectivity index (χ1) is 5.53. The summed E-state index contributed by atoms with van der Waals surface area (Å²) >= 11 is 0. The molecule has 1 rings (SSSR count). The number of aryl methyl sites for hydroxylation is 1. The predicted octanol–water partition coefficient (Wildman–Crippen LogP) is 1.66. The van der Waals surface area contributed by atoms with Crippen molar-refractivity contribution < 1.29 is 0 Å². The van der Waals surface area contributed by atoms with Crippen molar-refractivity contribution in [2.45, 2.75) is 39.4 Å². The van der Waals surface area contributed by atoms with Gasteiger partial charge in [0.15, 0.2) is 0 Å². The molecule has 0 aliphatic carbocycles. The lowest BCUT2D eigenvalue weighted by molar-refractivity contribution is 0.647. The van der Waals surface area contributed by atoms with E-state index >= 15 is 0 Å². The molecule has 1 radical (unpaired) electrons. The second-order valence-electron chi connectivity index (χ2n) is 3.94. The molecule has 1 aromatic heterocycles. The first-order valence-corrected chi connectivity index (χ1v) is 4.41. The molecule has 1 heterocycles. The summed E-state index contributed by atoms with van der Waals surface area (Å²) in [7, 11) is 2.18. The second-order valence-corrected chi connectivity index (χ2v) is 3.94. The van der Waals surface area contributed by atoms with E-state index in [-0.39, 0.29) is 5.31 Å². The fourth-order valence-electron chi connectivity index (χ4n) is 0.978. The van der Waals surface area contributed by atoms with Gasteiger partial charge in [-0.2, -0.15) is 0 Å². The molecule has 0 aliphatic rings. The molecule has 65 valence electrons. The van der Waals surface area contributed by atoms with E-state index in [2.05, 4.69) is 38.0 Å². The summed E-state index contributed by atoms with van der Waals surface area (Å²) in [5, 5.41) is 0.240. The van der Waals surface area contributed by atoms with E-state index in [0.29, 0.717) is 0 Å². The van der Waals surface area contributed by atoms with E-state index in [4.69, 9.17) is 0 Å². The van der Waals surface area contributed by atoms with Crippen LogP contribution < -0.4 is 5.72 Å². The Morgan fingerprint density at radius 1 is 1.58 bits per heavy atom. The van der Waals surface area contributed by atoms with E-state index in [1.165, 1.54) is 0 Å². The fraction of sp³-hybridized carbons (Fsp3) is 0.667. The fourth-order valence-corrected chi connectivity index (χ4v) is 0.978. The van der Waals surface area contributed by atoms with Crippen LogP contribution in [0.25, 0.3) is 0 Å². The van der Waals surface area contributed by atoms with Gasteiger partial charge >= 0.3 is 0 Å². The summed E-state index contributed by atoms with van der Waals surface area (Å²) in [6, 6.07) is 0. The van der Waals surface area contributed by atoms with Crippen molar-refractivity contribution in [3.63, 3.8) is 0 Å². The van der Waals surface area contributed by atoms with Crippen LogP contribution in [0.15, 0.2) is 6.20 Å². The molecular formula is C9H16BN2. The molecule has 0 aliphatic heterocycles. The van der Waals surface area contributed by atoms with Crippen LogP contribution in [0.5, 0.6) is 0 Å². The minimum Gasteiger partial charge on any atom is -0.355 e. The van der Waals surface area contributed by atoms with Crippen molar-refractivity contribution in [3.8, 4) is 0 Å². The summed E-state index contributed by atoms with van der Waals surface area (Å²) in [5.74, 6) is 0. The number of H-pyrrole nitrogens is 1. The zero-order valence-corrected chi connectivity index (χ0v) is 8.31. The number of hydrogen-bond acceptors (Lipinski definition) is 1. The van der Waals surface area contributed by atoms with E-state index in [1.807, 2.05) is 13.1 Å². The number of aromatic amines is 1. The third-order valence-corrected chi connectivity index (χ3v) is 2.16. The lowest BCUT2D eigenvalue weighted by atomic mass is 9.52. The smallest absolute Gasteiger partial charge is 0.208 e. The van der Waals surface area contributed by atoms with Crippen molar-refractivity contribution in [3.05, 3.63) is 11.9 Å². The number of rotatable bonds is 3. The van der Waals surface area contributed by atoms with E-state index in [9.17, 15) is 0 Å². The molecule has 0 unspecified atom stereocenters. The van der Waals surface area contributed by atoms with Crippen molar-refractivity contribution in [2.24, 2.45) is 0 Å². The maximum absolute atomic E-state index is 4.24. The molecule has 0 atom stereocenters. The highest BCUT2D eigenvalue weighted by atomic mass is 14.9. The molecular weight excluding hydrogens is 147 g/mol. The minimum atomic E-state index is 0.240. The number of hydrogen-bond donors (Lipinski definition) is 1. The van der Waals surface area contributed by atoms with Gasteiger partial charge in [-0.15, -0.1) is 0 Å². The van der Waals surface area contributed by atoms with Crippen LogP contribution in [0.2, 0.25) is 5.31 Å². The number of imidazole rings is 1. The maximum Gasteiger partial charge on any atom is 0.208 e.